The molecule has 5 atom stereocenters. The Morgan fingerprint density at radius 1 is 0.404 bits per heavy atom. The fourth-order valence-corrected chi connectivity index (χ4v) is 6.27. The van der Waals surface area contributed by atoms with Gasteiger partial charge in [0, 0.05) is 12.8 Å². The zero-order valence-corrected chi connectivity index (χ0v) is 36.6. The van der Waals surface area contributed by atoms with Crippen LogP contribution in [0.4, 0.5) is 0 Å². The average Bonchev–Trinajstić information content (AvgIpc) is 3.21. The topological polar surface area (TPSA) is 225 Å². The number of carboxylic acid groups (broad SMARTS) is 1. The molecular formula is C45H92O12. The fraction of sp³-hybridized carbons (Fsp3) is 0.956. The van der Waals surface area contributed by atoms with E-state index in [1.807, 2.05) is 0 Å². The van der Waals surface area contributed by atoms with Gasteiger partial charge in [-0.05, 0) is 12.8 Å². The first-order valence-electron chi connectivity index (χ1n) is 23.1. The molecule has 0 aliphatic carbocycles. The molecule has 57 heavy (non-hydrogen) atoms. The molecule has 12 heteroatoms. The van der Waals surface area contributed by atoms with Gasteiger partial charge in [0.15, 0.2) is 0 Å². The van der Waals surface area contributed by atoms with E-state index in [1.165, 1.54) is 167 Å². The highest BCUT2D eigenvalue weighted by atomic mass is 16.5. The highest BCUT2D eigenvalue weighted by Crippen LogP contribution is 2.15. The number of carbonyl (C=O) groups excluding carboxylic acids is 1. The molecule has 0 fully saturated rings. The van der Waals surface area contributed by atoms with Gasteiger partial charge in [-0.3, -0.25) is 9.59 Å². The number of carboxylic acids is 1. The van der Waals surface area contributed by atoms with E-state index in [0.717, 1.165) is 25.7 Å². The van der Waals surface area contributed by atoms with Crippen LogP contribution in [0.3, 0.4) is 0 Å². The molecule has 0 saturated carbocycles. The molecule has 0 aromatic rings. The van der Waals surface area contributed by atoms with Gasteiger partial charge < -0.3 is 50.7 Å². The lowest BCUT2D eigenvalue weighted by molar-refractivity contribution is -0.147. The molecule has 12 nitrogen and oxygen atoms in total. The largest absolute Gasteiger partial charge is 0.481 e. The number of hydrogen-bond donors (Lipinski definition) is 9. The highest BCUT2D eigenvalue weighted by molar-refractivity contribution is 5.69. The lowest BCUT2D eigenvalue weighted by Crippen LogP contribution is -2.46. The maximum atomic E-state index is 11.4. The van der Waals surface area contributed by atoms with Crippen LogP contribution in [0, 0.1) is 0 Å². The van der Waals surface area contributed by atoms with Gasteiger partial charge >= 0.3 is 11.9 Å². The molecule has 344 valence electrons. The summed E-state index contributed by atoms with van der Waals surface area (Å²) in [4.78, 5) is 21.7. The van der Waals surface area contributed by atoms with Gasteiger partial charge in [-0.2, -0.15) is 0 Å². The van der Waals surface area contributed by atoms with Gasteiger partial charge in [-0.1, -0.05) is 194 Å². The molecule has 0 saturated heterocycles. The van der Waals surface area contributed by atoms with E-state index in [-0.39, 0.29) is 19.2 Å². The number of hydrogen-bond acceptors (Lipinski definition) is 11. The molecule has 5 unspecified atom stereocenters. The molecule has 0 radical (unpaired) electrons. The molecule has 0 heterocycles. The van der Waals surface area contributed by atoms with Crippen LogP contribution in [0.15, 0.2) is 0 Å². The Bertz CT molecular complexity index is 788. The van der Waals surface area contributed by atoms with Crippen LogP contribution < -0.4 is 0 Å². The van der Waals surface area contributed by atoms with Crippen molar-refractivity contribution in [1.29, 1.82) is 0 Å². The third-order valence-electron chi connectivity index (χ3n) is 10.1. The zero-order chi connectivity index (χ0) is 43.2. The minimum absolute atomic E-state index is 0.103. The van der Waals surface area contributed by atoms with Crippen molar-refractivity contribution >= 4 is 11.9 Å². The number of rotatable bonds is 40. The van der Waals surface area contributed by atoms with Gasteiger partial charge in [0.1, 0.15) is 37.1 Å². The van der Waals surface area contributed by atoms with Crippen molar-refractivity contribution < 1.29 is 60.3 Å². The number of carbonyl (C=O) groups is 2. The summed E-state index contributed by atoms with van der Waals surface area (Å²) >= 11 is 0. The summed E-state index contributed by atoms with van der Waals surface area (Å²) in [5.74, 6) is -0.929. The van der Waals surface area contributed by atoms with Crippen molar-refractivity contribution in [2.24, 2.45) is 0 Å². The van der Waals surface area contributed by atoms with Crippen molar-refractivity contribution in [1.82, 2.24) is 0 Å². The fourth-order valence-electron chi connectivity index (χ4n) is 6.27. The minimum Gasteiger partial charge on any atom is -0.481 e. The smallest absolute Gasteiger partial charge is 0.305 e. The number of aliphatic hydroxyl groups excluding tert-OH is 8. The summed E-state index contributed by atoms with van der Waals surface area (Å²) in [5.41, 5.74) is 0. The van der Waals surface area contributed by atoms with Crippen molar-refractivity contribution in [3.05, 3.63) is 0 Å². The standard InChI is InChI=1S/C21H42O4.C18H36O2.C6H14O6/c1-2-3-4-5-6-7-8-9-10-11-12-13-14-15-16-17-21(24)25-19-20(23)18-22;1-2-3-4-5-6-7-8-9-10-11-12-13-14-15-16-17-18(19)20;7-1-3(9)5(11)6(12)4(10)2-8/h20,22-23H,2-19H2,1H3;2-17H2,1H3,(H,19,20);3-12H,1-2H2. The van der Waals surface area contributed by atoms with Gasteiger partial charge in [-0.25, -0.2) is 0 Å². The lowest BCUT2D eigenvalue weighted by Gasteiger charge is -2.24. The Labute approximate surface area is 347 Å². The maximum Gasteiger partial charge on any atom is 0.305 e. The van der Waals surface area contributed by atoms with Crippen LogP contribution in [-0.2, 0) is 14.3 Å². The third kappa shape index (κ3) is 48.9. The molecule has 0 rings (SSSR count). The average molecular weight is 825 g/mol. The quantitative estimate of drug-likeness (QED) is 0.0212. The molecule has 0 amide bonds. The van der Waals surface area contributed by atoms with Crippen molar-refractivity contribution in [2.75, 3.05) is 26.4 Å². The monoisotopic (exact) mass is 825 g/mol. The highest BCUT2D eigenvalue weighted by Gasteiger charge is 2.29. The number of unbranched alkanes of at least 4 members (excludes halogenated alkanes) is 28. The predicted molar refractivity (Wildman–Crippen MR) is 229 cm³/mol. The Hall–Kier alpha value is -1.38. The summed E-state index contributed by atoms with van der Waals surface area (Å²) in [6.45, 7) is 2.61. The van der Waals surface area contributed by atoms with Gasteiger partial charge in [-0.15, -0.1) is 0 Å². The summed E-state index contributed by atoms with van der Waals surface area (Å²) < 4.78 is 4.86. The van der Waals surface area contributed by atoms with E-state index in [4.69, 9.17) is 50.7 Å². The van der Waals surface area contributed by atoms with Crippen LogP contribution in [0.25, 0.3) is 0 Å². The molecule has 0 aliphatic heterocycles. The Morgan fingerprint density at radius 3 is 0.912 bits per heavy atom. The van der Waals surface area contributed by atoms with Crippen LogP contribution in [0.1, 0.15) is 219 Å². The molecule has 0 aromatic heterocycles. The van der Waals surface area contributed by atoms with Gasteiger partial charge in [0.2, 0.25) is 0 Å². The maximum absolute atomic E-state index is 11.4. The predicted octanol–water partition coefficient (Wildman–Crippen LogP) is 7.89. The SMILES string of the molecule is CCCCCCCCCCCCCCCCCC(=O)O.CCCCCCCCCCCCCCCCCC(=O)OCC(O)CO.OCC(O)C(O)C(O)C(O)CO. The minimum atomic E-state index is -1.67. The summed E-state index contributed by atoms with van der Waals surface area (Å²) in [6.07, 6.45) is 32.8. The molecular weight excluding hydrogens is 732 g/mol. The normalized spacial score (nSPS) is 13.7. The van der Waals surface area contributed by atoms with Gasteiger partial charge in [0.25, 0.3) is 0 Å². The second-order valence-electron chi connectivity index (χ2n) is 15.8. The van der Waals surface area contributed by atoms with Crippen LogP contribution >= 0.6 is 0 Å². The van der Waals surface area contributed by atoms with E-state index >= 15 is 0 Å². The molecule has 0 spiro atoms. The molecule has 9 N–H and O–H groups in total. The molecule has 0 aliphatic rings. The zero-order valence-electron chi connectivity index (χ0n) is 36.6. The second-order valence-corrected chi connectivity index (χ2v) is 15.8. The summed E-state index contributed by atoms with van der Waals surface area (Å²) in [6, 6.07) is 0. The van der Waals surface area contributed by atoms with Crippen molar-refractivity contribution in [3.63, 3.8) is 0 Å². The van der Waals surface area contributed by atoms with E-state index in [9.17, 15) is 9.59 Å². The summed E-state index contributed by atoms with van der Waals surface area (Å²) in [5, 5.41) is 78.4. The number of ether oxygens (including phenoxy) is 1. The van der Waals surface area contributed by atoms with Crippen molar-refractivity contribution in [3.8, 4) is 0 Å². The third-order valence-corrected chi connectivity index (χ3v) is 10.1. The number of esters is 1. The van der Waals surface area contributed by atoms with E-state index < -0.39 is 49.7 Å². The first-order chi connectivity index (χ1) is 27.5. The second kappa shape index (κ2) is 49.0. The molecule has 0 aromatic carbocycles. The first-order valence-corrected chi connectivity index (χ1v) is 23.1. The number of aliphatic hydroxyl groups is 8. The summed E-state index contributed by atoms with van der Waals surface area (Å²) in [7, 11) is 0. The lowest BCUT2D eigenvalue weighted by atomic mass is 10.0. The van der Waals surface area contributed by atoms with Crippen LogP contribution in [0.2, 0.25) is 0 Å². The van der Waals surface area contributed by atoms with E-state index in [0.29, 0.717) is 12.8 Å². The van der Waals surface area contributed by atoms with E-state index in [1.54, 1.807) is 0 Å². The van der Waals surface area contributed by atoms with Crippen LogP contribution in [-0.4, -0.2) is 115 Å². The Balaban J connectivity index is -0.000000814. The first kappa shape index (κ1) is 59.9. The van der Waals surface area contributed by atoms with E-state index in [2.05, 4.69) is 13.8 Å². The Morgan fingerprint density at radius 2 is 0.667 bits per heavy atom. The van der Waals surface area contributed by atoms with Gasteiger partial charge in [0.05, 0.1) is 19.8 Å². The van der Waals surface area contributed by atoms with Crippen molar-refractivity contribution in [2.45, 2.75) is 250 Å². The Kier molecular flexibility index (Phi) is 51.5. The molecule has 0 bridgehead atoms. The number of aliphatic carboxylic acids is 1. The van der Waals surface area contributed by atoms with Crippen LogP contribution in [0.5, 0.6) is 0 Å².